The van der Waals surface area contributed by atoms with Crippen molar-refractivity contribution in [2.75, 3.05) is 6.54 Å². The van der Waals surface area contributed by atoms with Gasteiger partial charge in [0.05, 0.1) is 6.04 Å². The van der Waals surface area contributed by atoms with Gasteiger partial charge < -0.3 is 10.2 Å². The summed E-state index contributed by atoms with van der Waals surface area (Å²) < 4.78 is 14.0. The molecule has 1 fully saturated rings. The Morgan fingerprint density at radius 3 is 2.75 bits per heavy atom. The maximum absolute atomic E-state index is 11.0. The van der Waals surface area contributed by atoms with Crippen molar-refractivity contribution < 1.29 is 24.2 Å². The third kappa shape index (κ3) is 1.91. The van der Waals surface area contributed by atoms with Gasteiger partial charge in [0.25, 0.3) is 5.52 Å². The standard InChI is InChI=1S/C5H10NO5P/c7-5(12(9,10)11-8)4-2-1-3-6-4/h4,6,8H,1-3H2,(H,9,10)/t4-/m1/s1. The zero-order valence-electron chi connectivity index (χ0n) is 6.27. The summed E-state index contributed by atoms with van der Waals surface area (Å²) in [7, 11) is -4.46. The van der Waals surface area contributed by atoms with Gasteiger partial charge in [0.1, 0.15) is 0 Å². The van der Waals surface area contributed by atoms with Gasteiger partial charge in [-0.1, -0.05) is 0 Å². The molecule has 0 bridgehead atoms. The molecule has 1 rings (SSSR count). The van der Waals surface area contributed by atoms with Crippen LogP contribution in [0.5, 0.6) is 0 Å². The lowest BCUT2D eigenvalue weighted by Crippen LogP contribution is -2.30. The molecular weight excluding hydrogens is 185 g/mol. The first-order valence-corrected chi connectivity index (χ1v) is 5.09. The van der Waals surface area contributed by atoms with Gasteiger partial charge in [0, 0.05) is 0 Å². The molecule has 0 spiro atoms. The van der Waals surface area contributed by atoms with Crippen LogP contribution in [-0.2, 0) is 14.0 Å². The molecule has 0 saturated carbocycles. The van der Waals surface area contributed by atoms with E-state index in [1.54, 1.807) is 0 Å². The van der Waals surface area contributed by atoms with Gasteiger partial charge in [-0.05, 0) is 19.4 Å². The predicted octanol–water partition coefficient (Wildman–Crippen LogP) is -0.0600. The van der Waals surface area contributed by atoms with Crippen molar-refractivity contribution in [3.63, 3.8) is 0 Å². The molecule has 0 aromatic rings. The number of carbonyl (C=O) groups is 1. The molecule has 1 aliphatic heterocycles. The van der Waals surface area contributed by atoms with Crippen molar-refractivity contribution in [2.45, 2.75) is 18.9 Å². The maximum Gasteiger partial charge on any atom is 0.422 e. The average Bonchev–Trinajstić information content (AvgIpc) is 2.55. The fourth-order valence-electron chi connectivity index (χ4n) is 1.13. The summed E-state index contributed by atoms with van der Waals surface area (Å²) in [5.41, 5.74) is -0.970. The maximum atomic E-state index is 11.0. The zero-order chi connectivity index (χ0) is 9.19. The van der Waals surface area contributed by atoms with Crippen LogP contribution < -0.4 is 5.32 Å². The summed E-state index contributed by atoms with van der Waals surface area (Å²) in [5, 5.41) is 10.7. The lowest BCUT2D eigenvalue weighted by Gasteiger charge is -2.10. The molecule has 2 atom stereocenters. The Bertz CT molecular complexity index is 224. The Kier molecular flexibility index (Phi) is 2.98. The molecule has 1 heterocycles. The summed E-state index contributed by atoms with van der Waals surface area (Å²) in [5.74, 6) is 0. The monoisotopic (exact) mass is 195 g/mol. The number of carbonyl (C=O) groups excluding carboxylic acids is 1. The minimum Gasteiger partial charge on any atom is -0.317 e. The number of hydrogen-bond donors (Lipinski definition) is 3. The largest absolute Gasteiger partial charge is 0.422 e. The minimum atomic E-state index is -4.46. The molecule has 1 unspecified atom stereocenters. The molecule has 7 heteroatoms. The predicted molar refractivity (Wildman–Crippen MR) is 39.6 cm³/mol. The van der Waals surface area contributed by atoms with Crippen LogP contribution in [-0.4, -0.2) is 28.3 Å². The van der Waals surface area contributed by atoms with E-state index in [0.717, 1.165) is 6.42 Å². The Morgan fingerprint density at radius 2 is 2.33 bits per heavy atom. The fraction of sp³-hybridized carbons (Fsp3) is 0.800. The molecule has 0 aromatic heterocycles. The van der Waals surface area contributed by atoms with E-state index in [2.05, 4.69) is 9.99 Å². The summed E-state index contributed by atoms with van der Waals surface area (Å²) in [6.45, 7) is 0.641. The van der Waals surface area contributed by atoms with E-state index in [4.69, 9.17) is 10.2 Å². The van der Waals surface area contributed by atoms with Crippen molar-refractivity contribution in [1.82, 2.24) is 5.32 Å². The third-order valence-corrected chi connectivity index (χ3v) is 2.84. The molecule has 12 heavy (non-hydrogen) atoms. The normalized spacial score (nSPS) is 28.3. The van der Waals surface area contributed by atoms with E-state index in [0.29, 0.717) is 13.0 Å². The van der Waals surface area contributed by atoms with Crippen LogP contribution in [0.25, 0.3) is 0 Å². The van der Waals surface area contributed by atoms with Crippen molar-refractivity contribution >= 4 is 13.1 Å². The summed E-state index contributed by atoms with van der Waals surface area (Å²) in [6.07, 6.45) is 1.29. The Morgan fingerprint density at radius 1 is 1.67 bits per heavy atom. The molecular formula is C5H10NO5P. The molecule has 6 nitrogen and oxygen atoms in total. The van der Waals surface area contributed by atoms with E-state index in [9.17, 15) is 9.36 Å². The van der Waals surface area contributed by atoms with Gasteiger partial charge in [0.2, 0.25) is 0 Å². The Labute approximate surface area is 69.0 Å². The molecule has 1 saturated heterocycles. The summed E-state index contributed by atoms with van der Waals surface area (Å²) >= 11 is 0. The van der Waals surface area contributed by atoms with Gasteiger partial charge in [-0.2, -0.15) is 0 Å². The van der Waals surface area contributed by atoms with E-state index in [1.807, 2.05) is 0 Å². The van der Waals surface area contributed by atoms with Crippen LogP contribution in [0.4, 0.5) is 0 Å². The molecule has 0 radical (unpaired) electrons. The molecule has 3 N–H and O–H groups in total. The summed E-state index contributed by atoms with van der Waals surface area (Å²) in [4.78, 5) is 19.8. The van der Waals surface area contributed by atoms with E-state index >= 15 is 0 Å². The quantitative estimate of drug-likeness (QED) is 0.331. The van der Waals surface area contributed by atoms with Gasteiger partial charge in [-0.15, -0.1) is 4.67 Å². The number of hydrogen-bond acceptors (Lipinski definition) is 5. The highest BCUT2D eigenvalue weighted by molar-refractivity contribution is 7.71. The van der Waals surface area contributed by atoms with Crippen molar-refractivity contribution in [3.05, 3.63) is 0 Å². The number of nitrogens with one attached hydrogen (secondary N) is 1. The van der Waals surface area contributed by atoms with Crippen LogP contribution in [0.2, 0.25) is 0 Å². The van der Waals surface area contributed by atoms with Crippen LogP contribution in [0.3, 0.4) is 0 Å². The highest BCUT2D eigenvalue weighted by Gasteiger charge is 2.38. The first-order chi connectivity index (χ1) is 5.58. The smallest absolute Gasteiger partial charge is 0.317 e. The summed E-state index contributed by atoms with van der Waals surface area (Å²) in [6, 6.07) is -0.659. The molecule has 0 aliphatic carbocycles. The van der Waals surface area contributed by atoms with E-state index in [-0.39, 0.29) is 0 Å². The van der Waals surface area contributed by atoms with Gasteiger partial charge in [0.15, 0.2) is 0 Å². The second kappa shape index (κ2) is 3.64. The highest BCUT2D eigenvalue weighted by Crippen LogP contribution is 2.43. The van der Waals surface area contributed by atoms with Crippen molar-refractivity contribution in [2.24, 2.45) is 0 Å². The average molecular weight is 195 g/mol. The van der Waals surface area contributed by atoms with Crippen LogP contribution in [0, 0.1) is 0 Å². The van der Waals surface area contributed by atoms with Crippen LogP contribution in [0.1, 0.15) is 12.8 Å². The fourth-order valence-corrected chi connectivity index (χ4v) is 1.83. The molecule has 0 amide bonds. The molecule has 1 aliphatic rings. The topological polar surface area (TPSA) is 95.9 Å². The lowest BCUT2D eigenvalue weighted by molar-refractivity contribution is -0.152. The van der Waals surface area contributed by atoms with Gasteiger partial charge >= 0.3 is 7.60 Å². The Hall–Kier alpha value is -0.260. The van der Waals surface area contributed by atoms with Gasteiger partial charge in [-0.3, -0.25) is 4.79 Å². The highest BCUT2D eigenvalue weighted by atomic mass is 31.2. The van der Waals surface area contributed by atoms with E-state index in [1.165, 1.54) is 0 Å². The Balaban J connectivity index is 2.63. The first kappa shape index (κ1) is 9.83. The second-order valence-electron chi connectivity index (χ2n) is 2.59. The van der Waals surface area contributed by atoms with Crippen molar-refractivity contribution in [1.29, 1.82) is 0 Å². The van der Waals surface area contributed by atoms with Crippen LogP contribution >= 0.6 is 7.60 Å². The second-order valence-corrected chi connectivity index (χ2v) is 4.23. The third-order valence-electron chi connectivity index (χ3n) is 1.75. The first-order valence-electron chi connectivity index (χ1n) is 3.51. The van der Waals surface area contributed by atoms with Crippen molar-refractivity contribution in [3.8, 4) is 0 Å². The number of rotatable bonds is 3. The SMILES string of the molecule is O=C([C@H]1CCCN1)P(=O)(O)OO. The lowest BCUT2D eigenvalue weighted by atomic mass is 10.2. The van der Waals surface area contributed by atoms with Gasteiger partial charge in [-0.25, -0.2) is 9.82 Å². The van der Waals surface area contributed by atoms with Crippen LogP contribution in [0.15, 0.2) is 0 Å². The molecule has 70 valence electrons. The molecule has 0 aromatic carbocycles. The zero-order valence-corrected chi connectivity index (χ0v) is 7.16. The minimum absolute atomic E-state index is 0.507. The van der Waals surface area contributed by atoms with E-state index < -0.39 is 19.2 Å².